The summed E-state index contributed by atoms with van der Waals surface area (Å²) in [6.45, 7) is 11.6. The lowest BCUT2D eigenvalue weighted by molar-refractivity contribution is 0.0660. The number of sulfonamides is 1. The zero-order valence-electron chi connectivity index (χ0n) is 24.9. The molecule has 2 aromatic heterocycles. The van der Waals surface area contributed by atoms with Crippen molar-refractivity contribution < 1.29 is 27.8 Å². The van der Waals surface area contributed by atoms with Gasteiger partial charge in [-0.05, 0) is 42.6 Å². The molecule has 1 N–H and O–H groups in total. The fraction of sp³-hybridized carbons (Fsp3) is 0.517. The van der Waals surface area contributed by atoms with Crippen molar-refractivity contribution in [3.05, 3.63) is 42.7 Å². The third-order valence-corrected chi connectivity index (χ3v) is 10.7. The van der Waals surface area contributed by atoms with Crippen LogP contribution in [0.25, 0.3) is 22.2 Å². The molecule has 0 atom stereocenters. The van der Waals surface area contributed by atoms with Crippen molar-refractivity contribution in [2.45, 2.75) is 52.2 Å². The van der Waals surface area contributed by atoms with Gasteiger partial charge in [-0.15, -0.1) is 0 Å². The third-order valence-electron chi connectivity index (χ3n) is 7.80. The highest BCUT2D eigenvalue weighted by molar-refractivity contribution is 7.92. The molecule has 0 radical (unpaired) electrons. The number of rotatable bonds is 11. The molecule has 1 aliphatic rings. The maximum Gasteiger partial charge on any atom is 0.407 e. The molecule has 3 heterocycles. The van der Waals surface area contributed by atoms with Crippen molar-refractivity contribution in [2.75, 3.05) is 43.9 Å². The van der Waals surface area contributed by atoms with E-state index in [2.05, 4.69) is 31.5 Å². The van der Waals surface area contributed by atoms with Gasteiger partial charge in [0.2, 0.25) is 10.0 Å². The number of anilines is 1. The zero-order chi connectivity index (χ0) is 30.0. The number of carboxylic acid groups (broad SMARTS) is 1. The fourth-order valence-electron chi connectivity index (χ4n) is 4.84. The van der Waals surface area contributed by atoms with Crippen LogP contribution in [0.1, 0.15) is 19.8 Å². The summed E-state index contributed by atoms with van der Waals surface area (Å²) in [6.07, 6.45) is 5.50. The van der Waals surface area contributed by atoms with Gasteiger partial charge in [0, 0.05) is 58.2 Å². The Morgan fingerprint density at radius 2 is 1.80 bits per heavy atom. The van der Waals surface area contributed by atoms with Gasteiger partial charge >= 0.3 is 6.09 Å². The normalized spacial score (nSPS) is 15.7. The molecule has 3 aromatic rings. The number of likely N-dealkylation sites (tertiary alicyclic amines) is 1. The highest BCUT2D eigenvalue weighted by atomic mass is 32.2. The first-order valence-electron chi connectivity index (χ1n) is 13.9. The minimum absolute atomic E-state index is 0.151. The van der Waals surface area contributed by atoms with Crippen molar-refractivity contribution >= 4 is 40.9 Å². The molecule has 0 unspecified atom stereocenters. The molecule has 0 bridgehead atoms. The van der Waals surface area contributed by atoms with Gasteiger partial charge in [-0.2, -0.15) is 0 Å². The summed E-state index contributed by atoms with van der Waals surface area (Å²) < 4.78 is 39.8. The average Bonchev–Trinajstić information content (AvgIpc) is 3.28. The number of hydrogen-bond acceptors (Lipinski definition) is 6. The van der Waals surface area contributed by atoms with Gasteiger partial charge in [0.15, 0.2) is 0 Å². The monoisotopic (exact) mass is 602 g/mol. The standard InChI is InChI=1S/C29H42N4O6SSi/c1-29(12-15-32(16-13-29)28(34)35)20-39-25-11-14-30-27-26(25)24(19-33(27)21-38-17-18-41(4,5)6)22-7-9-23(10-8-22)31(2)40(3,36)37/h7-11,14,19H,12-13,15-18,20-21H2,1-6H3,(H,34,35). The van der Waals surface area contributed by atoms with E-state index in [1.165, 1.54) is 22.5 Å². The number of amides is 1. The van der Waals surface area contributed by atoms with Crippen molar-refractivity contribution in [2.24, 2.45) is 5.41 Å². The number of aromatic nitrogens is 2. The average molecular weight is 603 g/mol. The Bertz CT molecular complexity index is 1480. The summed E-state index contributed by atoms with van der Waals surface area (Å²) in [5.74, 6) is 0.699. The van der Waals surface area contributed by atoms with Crippen molar-refractivity contribution in [3.8, 4) is 16.9 Å². The molecule has 1 aliphatic heterocycles. The number of fused-ring (bicyclic) bond motifs is 1. The van der Waals surface area contributed by atoms with E-state index in [0.29, 0.717) is 44.5 Å². The molecule has 1 saturated heterocycles. The first kappa shape index (κ1) is 30.9. The van der Waals surface area contributed by atoms with E-state index >= 15 is 0 Å². The van der Waals surface area contributed by atoms with E-state index in [1.807, 2.05) is 29.0 Å². The van der Waals surface area contributed by atoms with Crippen molar-refractivity contribution in [3.63, 3.8) is 0 Å². The minimum atomic E-state index is -3.38. The Hall–Kier alpha value is -3.09. The second-order valence-corrected chi connectivity index (χ2v) is 20.1. The SMILES string of the molecule is CN(c1ccc(-c2cn(COCC[Si](C)(C)C)c3nccc(OCC4(C)CCN(C(=O)O)CC4)c23)cc1)S(C)(=O)=O. The Balaban J connectivity index is 1.65. The molecule has 12 heteroatoms. The molecule has 0 spiro atoms. The maximum atomic E-state index is 12.0. The summed E-state index contributed by atoms with van der Waals surface area (Å²) in [7, 11) is -3.07. The number of piperidine rings is 1. The van der Waals surface area contributed by atoms with Crippen molar-refractivity contribution in [1.29, 1.82) is 0 Å². The number of nitrogens with zero attached hydrogens (tertiary/aromatic N) is 4. The van der Waals surface area contributed by atoms with Gasteiger partial charge in [-0.1, -0.05) is 38.7 Å². The van der Waals surface area contributed by atoms with Gasteiger partial charge in [0.1, 0.15) is 18.1 Å². The highest BCUT2D eigenvalue weighted by Crippen LogP contribution is 2.39. The van der Waals surface area contributed by atoms with Crippen LogP contribution in [0.3, 0.4) is 0 Å². The number of pyridine rings is 1. The van der Waals surface area contributed by atoms with Gasteiger partial charge in [0.25, 0.3) is 0 Å². The molecule has 0 aliphatic carbocycles. The molecule has 10 nitrogen and oxygen atoms in total. The Morgan fingerprint density at radius 1 is 1.15 bits per heavy atom. The Morgan fingerprint density at radius 3 is 2.39 bits per heavy atom. The predicted molar refractivity (Wildman–Crippen MR) is 165 cm³/mol. The fourth-order valence-corrected chi connectivity index (χ4v) is 6.10. The molecule has 1 amide bonds. The van der Waals surface area contributed by atoms with E-state index < -0.39 is 24.2 Å². The Kier molecular flexibility index (Phi) is 9.05. The first-order chi connectivity index (χ1) is 19.2. The van der Waals surface area contributed by atoms with E-state index in [9.17, 15) is 18.3 Å². The molecule has 1 aromatic carbocycles. The van der Waals surface area contributed by atoms with E-state index in [-0.39, 0.29) is 5.41 Å². The number of carbonyl (C=O) groups is 1. The van der Waals surface area contributed by atoms with Crippen LogP contribution in [0.2, 0.25) is 25.7 Å². The lowest BCUT2D eigenvalue weighted by atomic mass is 9.81. The smallest absolute Gasteiger partial charge is 0.407 e. The molecular weight excluding hydrogens is 560 g/mol. The van der Waals surface area contributed by atoms with Gasteiger partial charge in [-0.3, -0.25) is 4.31 Å². The van der Waals surface area contributed by atoms with Gasteiger partial charge in [-0.25, -0.2) is 18.2 Å². The van der Waals surface area contributed by atoms with Crippen LogP contribution in [0.15, 0.2) is 42.7 Å². The molecule has 0 saturated carbocycles. The molecule has 224 valence electrons. The summed E-state index contributed by atoms with van der Waals surface area (Å²) in [4.78, 5) is 17.5. The van der Waals surface area contributed by atoms with E-state index in [0.717, 1.165) is 41.0 Å². The third kappa shape index (κ3) is 7.60. The first-order valence-corrected chi connectivity index (χ1v) is 19.4. The van der Waals surface area contributed by atoms with Gasteiger partial charge < -0.3 is 24.0 Å². The summed E-state index contributed by atoms with van der Waals surface area (Å²) in [5, 5.41) is 10.2. The van der Waals surface area contributed by atoms with Crippen LogP contribution in [0.5, 0.6) is 5.75 Å². The van der Waals surface area contributed by atoms with Gasteiger partial charge in [0.05, 0.1) is 23.9 Å². The second kappa shape index (κ2) is 12.0. The molecule has 4 rings (SSSR count). The largest absolute Gasteiger partial charge is 0.492 e. The summed E-state index contributed by atoms with van der Waals surface area (Å²) >= 11 is 0. The van der Waals surface area contributed by atoms with Crippen LogP contribution in [0, 0.1) is 5.41 Å². The van der Waals surface area contributed by atoms with Crippen molar-refractivity contribution in [1.82, 2.24) is 14.5 Å². The minimum Gasteiger partial charge on any atom is -0.492 e. The number of benzene rings is 1. The van der Waals surface area contributed by atoms with Crippen LogP contribution < -0.4 is 9.04 Å². The molecule has 41 heavy (non-hydrogen) atoms. The van der Waals surface area contributed by atoms with Crippen LogP contribution in [-0.2, 0) is 21.5 Å². The van der Waals surface area contributed by atoms with Crippen LogP contribution >= 0.6 is 0 Å². The van der Waals surface area contributed by atoms with E-state index in [4.69, 9.17) is 9.47 Å². The summed E-state index contributed by atoms with van der Waals surface area (Å²) in [5.41, 5.74) is 2.98. The summed E-state index contributed by atoms with van der Waals surface area (Å²) in [6, 6.07) is 10.3. The molecular formula is C29H42N4O6SSi. The van der Waals surface area contributed by atoms with Crippen LogP contribution in [-0.4, -0.2) is 81.7 Å². The second-order valence-electron chi connectivity index (χ2n) is 12.5. The topological polar surface area (TPSA) is 114 Å². The highest BCUT2D eigenvalue weighted by Gasteiger charge is 2.33. The lowest BCUT2D eigenvalue weighted by Crippen LogP contribution is -2.43. The predicted octanol–water partition coefficient (Wildman–Crippen LogP) is 5.57. The number of hydrogen-bond donors (Lipinski definition) is 1. The molecule has 1 fully saturated rings. The Labute approximate surface area is 243 Å². The van der Waals surface area contributed by atoms with E-state index in [1.54, 1.807) is 18.3 Å². The van der Waals surface area contributed by atoms with Crippen LogP contribution in [0.4, 0.5) is 10.5 Å². The maximum absolute atomic E-state index is 12.0. The number of ether oxygens (including phenoxy) is 2. The quantitative estimate of drug-likeness (QED) is 0.225. The lowest BCUT2D eigenvalue weighted by Gasteiger charge is -2.37. The zero-order valence-corrected chi connectivity index (χ0v) is 26.7.